The van der Waals surface area contributed by atoms with E-state index in [2.05, 4.69) is 75.4 Å². The Kier molecular flexibility index (Phi) is 9.55. The lowest BCUT2D eigenvalue weighted by atomic mass is 9.71. The molecule has 8 heteroatoms. The summed E-state index contributed by atoms with van der Waals surface area (Å²) < 4.78 is 30.5. The molecule has 0 aromatic heterocycles. The van der Waals surface area contributed by atoms with E-state index in [1.54, 1.807) is 7.11 Å². The molecule has 3 aromatic rings. The third-order valence-corrected chi connectivity index (χ3v) is 15.2. The van der Waals surface area contributed by atoms with Gasteiger partial charge in [0.05, 0.1) is 19.8 Å². The molecule has 3 aliphatic rings. The summed E-state index contributed by atoms with van der Waals surface area (Å²) in [5.74, 6) is 0.892. The first-order valence-corrected chi connectivity index (χ1v) is 18.3. The molecule has 46 heavy (non-hydrogen) atoms. The van der Waals surface area contributed by atoms with E-state index in [1.807, 2.05) is 36.4 Å². The second-order valence-electron chi connectivity index (χ2n) is 13.8. The molecule has 1 N–H and O–H groups in total. The van der Waals surface area contributed by atoms with Crippen LogP contribution in [0.3, 0.4) is 0 Å². The molecular weight excluding hydrogens is 596 g/mol. The first kappa shape index (κ1) is 32.7. The molecule has 7 nitrogen and oxygen atoms in total. The highest BCUT2D eigenvalue weighted by Crippen LogP contribution is 2.57. The second kappa shape index (κ2) is 13.5. The van der Waals surface area contributed by atoms with Crippen molar-refractivity contribution in [3.63, 3.8) is 0 Å². The number of ketones is 1. The Balaban J connectivity index is 1.24. The number of benzene rings is 3. The van der Waals surface area contributed by atoms with Gasteiger partial charge in [-0.05, 0) is 70.9 Å². The zero-order valence-electron chi connectivity index (χ0n) is 27.3. The molecule has 244 valence electrons. The molecule has 0 spiro atoms. The molecule has 3 aromatic carbocycles. The van der Waals surface area contributed by atoms with Crippen LogP contribution in [0.25, 0.3) is 0 Å². The Morgan fingerprint density at radius 1 is 0.935 bits per heavy atom. The number of rotatable bonds is 12. The highest BCUT2D eigenvalue weighted by molar-refractivity contribution is 6.99. The van der Waals surface area contributed by atoms with E-state index in [9.17, 15) is 9.90 Å². The van der Waals surface area contributed by atoms with Gasteiger partial charge in [0.15, 0.2) is 13.1 Å². The molecule has 0 radical (unpaired) electrons. The number of carbonyl (C=O) groups excluding carboxylic acids is 1. The molecule has 1 aliphatic heterocycles. The molecule has 1 heterocycles. The van der Waals surface area contributed by atoms with Gasteiger partial charge in [0, 0.05) is 23.9 Å². The number of allylic oxidation sites excluding steroid dienone is 1. The maximum Gasteiger partial charge on any atom is 0.261 e. The van der Waals surface area contributed by atoms with Crippen LogP contribution in [0.15, 0.2) is 96.6 Å². The van der Waals surface area contributed by atoms with Crippen LogP contribution < -0.4 is 19.8 Å². The molecule has 6 rings (SSSR count). The summed E-state index contributed by atoms with van der Waals surface area (Å²) in [4.78, 5) is 13.9. The highest BCUT2D eigenvalue weighted by atomic mass is 28.4. The molecule has 2 aliphatic carbocycles. The van der Waals surface area contributed by atoms with E-state index in [0.29, 0.717) is 31.6 Å². The van der Waals surface area contributed by atoms with Crippen molar-refractivity contribution in [2.75, 3.05) is 27.1 Å². The second-order valence-corrected chi connectivity index (χ2v) is 18.1. The van der Waals surface area contributed by atoms with Crippen molar-refractivity contribution in [3.05, 3.63) is 96.6 Å². The molecule has 1 saturated heterocycles. The number of hydrogen-bond acceptors (Lipinski definition) is 7. The topological polar surface area (TPSA) is 83.5 Å². The maximum absolute atomic E-state index is 13.9. The van der Waals surface area contributed by atoms with Gasteiger partial charge in [0.1, 0.15) is 17.3 Å². The predicted octanol–water partition coefficient (Wildman–Crippen LogP) is 5.64. The number of Topliss-reactive ketones (excluding diaryl/α,β-unsaturated/α-hetero) is 1. The summed E-state index contributed by atoms with van der Waals surface area (Å²) >= 11 is 0. The lowest BCUT2D eigenvalue weighted by Gasteiger charge is -2.44. The van der Waals surface area contributed by atoms with Crippen molar-refractivity contribution in [3.8, 4) is 11.5 Å². The van der Waals surface area contributed by atoms with Crippen molar-refractivity contribution in [2.24, 2.45) is 17.3 Å². The monoisotopic (exact) mass is 642 g/mol. The van der Waals surface area contributed by atoms with Crippen molar-refractivity contribution in [1.82, 2.24) is 0 Å². The van der Waals surface area contributed by atoms with Gasteiger partial charge < -0.3 is 28.5 Å². The Bertz CT molecular complexity index is 1460. The van der Waals surface area contributed by atoms with E-state index in [-0.39, 0.29) is 36.1 Å². The Morgan fingerprint density at radius 2 is 1.57 bits per heavy atom. The minimum Gasteiger partial charge on any atom is -0.497 e. The molecule has 0 amide bonds. The van der Waals surface area contributed by atoms with Crippen LogP contribution in [0.5, 0.6) is 11.5 Å². The third-order valence-electron chi connectivity index (χ3n) is 10.2. The standard InChI is InChI=1S/C38H46O7Si/c1-37(2,3)46(30-12-7-5-8-13-30,31-14-9-6-10-15-31)44-23-22-38-24-27(25-42-26-43-29-20-18-28(41-4)19-21-29)34(39)32-16-11-17-33(38)35(32)45-36(38)40/h5-10,12-15,17-21,27,32,35-36,40H,11,16,22-26H2,1-4H3/t27-,32+,35?,36+,38+/m0/s1. The number of ether oxygens (including phenoxy) is 4. The SMILES string of the molecule is COc1ccc(OCOC[C@@H]2C[C@]3(CCO[Si](c4ccccc4)(c4ccccc4)C(C)(C)C)C4=CCC[C@H](C2=O)C4O[C@H]3O)cc1. The smallest absolute Gasteiger partial charge is 0.261 e. The van der Waals surface area contributed by atoms with E-state index >= 15 is 0 Å². The van der Waals surface area contributed by atoms with Crippen molar-refractivity contribution >= 4 is 24.5 Å². The Labute approximate surface area is 273 Å². The lowest BCUT2D eigenvalue weighted by molar-refractivity contribution is -0.171. The van der Waals surface area contributed by atoms with E-state index in [1.165, 1.54) is 10.4 Å². The first-order chi connectivity index (χ1) is 22.2. The quantitative estimate of drug-likeness (QED) is 0.118. The number of aliphatic hydroxyl groups excluding tert-OH is 1. The van der Waals surface area contributed by atoms with E-state index in [0.717, 1.165) is 17.7 Å². The van der Waals surface area contributed by atoms with E-state index in [4.69, 9.17) is 23.4 Å². The summed E-state index contributed by atoms with van der Waals surface area (Å²) in [6.07, 6.45) is 3.29. The predicted molar refractivity (Wildman–Crippen MR) is 180 cm³/mol. The molecule has 2 fully saturated rings. The summed E-state index contributed by atoms with van der Waals surface area (Å²) in [6, 6.07) is 28.5. The third kappa shape index (κ3) is 5.97. The van der Waals surface area contributed by atoms with Crippen LogP contribution in [0.1, 0.15) is 46.5 Å². The van der Waals surface area contributed by atoms with Crippen molar-refractivity contribution < 1.29 is 33.3 Å². The van der Waals surface area contributed by atoms with Gasteiger partial charge in [-0.15, -0.1) is 0 Å². The molecule has 4 bridgehead atoms. The fourth-order valence-electron chi connectivity index (χ4n) is 7.95. The molecule has 1 saturated carbocycles. The van der Waals surface area contributed by atoms with Gasteiger partial charge in [0.25, 0.3) is 8.32 Å². The number of aliphatic hydroxyl groups is 1. The Hall–Kier alpha value is -3.27. The summed E-state index contributed by atoms with van der Waals surface area (Å²) in [5, 5.41) is 13.9. The normalized spacial score (nSPS) is 25.9. The zero-order chi connectivity index (χ0) is 32.4. The number of hydrogen-bond donors (Lipinski definition) is 1. The molecule has 5 atom stereocenters. The Morgan fingerprint density at radius 3 is 2.17 bits per heavy atom. The van der Waals surface area contributed by atoms with Gasteiger partial charge in [-0.25, -0.2) is 0 Å². The van der Waals surface area contributed by atoms with E-state index < -0.39 is 26.1 Å². The van der Waals surface area contributed by atoms with Gasteiger partial charge in [-0.2, -0.15) is 0 Å². The molecule has 1 unspecified atom stereocenters. The van der Waals surface area contributed by atoms with Crippen LogP contribution >= 0.6 is 0 Å². The van der Waals surface area contributed by atoms with Crippen molar-refractivity contribution in [2.45, 2.75) is 63.9 Å². The summed E-state index contributed by atoms with van der Waals surface area (Å²) in [5.41, 5.74) is 0.332. The average molecular weight is 643 g/mol. The van der Waals surface area contributed by atoms with Crippen LogP contribution in [0.2, 0.25) is 5.04 Å². The van der Waals surface area contributed by atoms with Gasteiger partial charge >= 0.3 is 0 Å². The lowest BCUT2D eigenvalue weighted by Crippen LogP contribution is -2.66. The number of carbonyl (C=O) groups is 1. The van der Waals surface area contributed by atoms with Crippen LogP contribution in [-0.2, 0) is 18.7 Å². The maximum atomic E-state index is 13.9. The van der Waals surface area contributed by atoms with Crippen LogP contribution in [0, 0.1) is 17.3 Å². The van der Waals surface area contributed by atoms with Gasteiger partial charge in [-0.3, -0.25) is 4.79 Å². The molecular formula is C38H46O7Si. The average Bonchev–Trinajstić information content (AvgIpc) is 3.33. The fourth-order valence-corrected chi connectivity index (χ4v) is 12.5. The minimum atomic E-state index is -2.79. The van der Waals surface area contributed by atoms with Gasteiger partial charge in [0.2, 0.25) is 0 Å². The largest absolute Gasteiger partial charge is 0.497 e. The van der Waals surface area contributed by atoms with Gasteiger partial charge in [-0.1, -0.05) is 87.5 Å². The zero-order valence-corrected chi connectivity index (χ0v) is 28.3. The summed E-state index contributed by atoms with van der Waals surface area (Å²) in [6.45, 7) is 7.46. The first-order valence-electron chi connectivity index (χ1n) is 16.4. The van der Waals surface area contributed by atoms with Crippen LogP contribution in [0.4, 0.5) is 0 Å². The minimum absolute atomic E-state index is 0.0237. The van der Waals surface area contributed by atoms with Crippen molar-refractivity contribution in [1.29, 1.82) is 0 Å². The summed E-state index contributed by atoms with van der Waals surface area (Å²) in [7, 11) is -1.16. The number of methoxy groups -OCH3 is 1. The highest BCUT2D eigenvalue weighted by Gasteiger charge is 2.60. The van der Waals surface area contributed by atoms with Crippen LogP contribution in [-0.4, -0.2) is 58.7 Å². The fraction of sp³-hybridized carbons (Fsp3) is 0.447.